The number of benzene rings is 2. The van der Waals surface area contributed by atoms with Crippen LogP contribution in [0.3, 0.4) is 0 Å². The van der Waals surface area contributed by atoms with E-state index in [1.807, 2.05) is 24.4 Å². The maximum atomic E-state index is 3.65. The fourth-order valence-corrected chi connectivity index (χ4v) is 2.45. The van der Waals surface area contributed by atoms with E-state index < -0.39 is 0 Å². The molecule has 0 aliphatic heterocycles. The van der Waals surface area contributed by atoms with Gasteiger partial charge in [-0.25, -0.2) is 0 Å². The van der Waals surface area contributed by atoms with Gasteiger partial charge in [-0.15, -0.1) is 0 Å². The quantitative estimate of drug-likeness (QED) is 0.560. The average molecular weight is 317 g/mol. The Balaban J connectivity index is 2.22. The molecule has 0 bridgehead atoms. The van der Waals surface area contributed by atoms with E-state index in [1.54, 1.807) is 6.08 Å². The molecule has 1 heteroatoms. The van der Waals surface area contributed by atoms with E-state index >= 15 is 0 Å². The molecule has 0 spiro atoms. The van der Waals surface area contributed by atoms with E-state index in [0.29, 0.717) is 0 Å². The number of allylic oxidation sites excluding steroid dienone is 4. The Labute approximate surface area is 146 Å². The molecule has 2 aromatic carbocycles. The van der Waals surface area contributed by atoms with Gasteiger partial charge < -0.3 is 5.32 Å². The molecular formula is C23H27N. The second kappa shape index (κ2) is 8.35. The van der Waals surface area contributed by atoms with Gasteiger partial charge in [0.05, 0.1) is 0 Å². The van der Waals surface area contributed by atoms with Crippen molar-refractivity contribution in [2.75, 3.05) is 5.32 Å². The average Bonchev–Trinajstić information content (AvgIpc) is 2.62. The Bertz CT molecular complexity index is 735. The van der Waals surface area contributed by atoms with Crippen LogP contribution in [0.4, 0.5) is 5.69 Å². The van der Waals surface area contributed by atoms with Crippen LogP contribution in [0, 0.1) is 0 Å². The summed E-state index contributed by atoms with van der Waals surface area (Å²) in [6.07, 6.45) is 10.6. The lowest BCUT2D eigenvalue weighted by Crippen LogP contribution is -2.15. The van der Waals surface area contributed by atoms with Crippen LogP contribution in [-0.4, -0.2) is 0 Å². The molecule has 0 saturated carbocycles. The van der Waals surface area contributed by atoms with Gasteiger partial charge in [0.15, 0.2) is 0 Å². The third-order valence-electron chi connectivity index (χ3n) is 4.43. The minimum Gasteiger partial charge on any atom is -0.362 e. The third-order valence-corrected chi connectivity index (χ3v) is 4.43. The van der Waals surface area contributed by atoms with Crippen molar-refractivity contribution < 1.29 is 0 Å². The van der Waals surface area contributed by atoms with E-state index in [4.69, 9.17) is 0 Å². The minimum atomic E-state index is 0.200. The van der Waals surface area contributed by atoms with Crippen LogP contribution >= 0.6 is 0 Å². The largest absolute Gasteiger partial charge is 0.362 e. The van der Waals surface area contributed by atoms with Crippen LogP contribution < -0.4 is 5.32 Å². The van der Waals surface area contributed by atoms with Crippen LogP contribution in [-0.2, 0) is 5.41 Å². The summed E-state index contributed by atoms with van der Waals surface area (Å²) >= 11 is 0. The summed E-state index contributed by atoms with van der Waals surface area (Å²) in [4.78, 5) is 0. The second-order valence-electron chi connectivity index (χ2n) is 6.52. The number of hydrogen-bond acceptors (Lipinski definition) is 1. The van der Waals surface area contributed by atoms with Crippen molar-refractivity contribution in [3.8, 4) is 11.1 Å². The van der Waals surface area contributed by atoms with E-state index in [0.717, 1.165) is 12.1 Å². The van der Waals surface area contributed by atoms with Gasteiger partial charge >= 0.3 is 0 Å². The highest BCUT2D eigenvalue weighted by Gasteiger charge is 2.18. The second-order valence-corrected chi connectivity index (χ2v) is 6.52. The molecule has 124 valence electrons. The molecule has 2 rings (SSSR count). The Kier molecular flexibility index (Phi) is 6.20. The zero-order valence-corrected chi connectivity index (χ0v) is 14.9. The van der Waals surface area contributed by atoms with Gasteiger partial charge in [-0.05, 0) is 46.7 Å². The molecule has 0 amide bonds. The number of nitrogens with one attached hydrogen (secondary N) is 1. The van der Waals surface area contributed by atoms with Gasteiger partial charge in [-0.3, -0.25) is 0 Å². The predicted molar refractivity (Wildman–Crippen MR) is 107 cm³/mol. The smallest absolute Gasteiger partial charge is 0.0385 e. The van der Waals surface area contributed by atoms with Gasteiger partial charge in [0, 0.05) is 11.9 Å². The van der Waals surface area contributed by atoms with Gasteiger partial charge in [0.25, 0.3) is 0 Å². The molecule has 1 nitrogen and oxygen atoms in total. The van der Waals surface area contributed by atoms with Gasteiger partial charge in [0.1, 0.15) is 0 Å². The van der Waals surface area contributed by atoms with Crippen LogP contribution in [0.1, 0.15) is 32.8 Å². The Morgan fingerprint density at radius 3 is 2.38 bits per heavy atom. The predicted octanol–water partition coefficient (Wildman–Crippen LogP) is 6.71. The first kappa shape index (κ1) is 17.8. The Morgan fingerprint density at radius 1 is 0.958 bits per heavy atom. The molecule has 0 saturated heterocycles. The molecule has 0 fully saturated rings. The lowest BCUT2D eigenvalue weighted by atomic mass is 9.81. The fraction of sp³-hybridized carbons (Fsp3) is 0.217. The first-order chi connectivity index (χ1) is 11.6. The van der Waals surface area contributed by atoms with Crippen molar-refractivity contribution in [1.29, 1.82) is 0 Å². The standard InChI is InChI=1S/C23H27N/c1-5-7-8-9-16-24-22-15-11-13-20(18-22)19-12-10-14-21(17-19)23(3,4)6-2/h5,7-18,24H,1,6H2,2-4H3/b8-7-,16-9-. The first-order valence-corrected chi connectivity index (χ1v) is 8.48. The summed E-state index contributed by atoms with van der Waals surface area (Å²) in [5.41, 5.74) is 5.15. The van der Waals surface area contributed by atoms with Crippen molar-refractivity contribution in [3.63, 3.8) is 0 Å². The molecule has 24 heavy (non-hydrogen) atoms. The van der Waals surface area contributed by atoms with Crippen molar-refractivity contribution in [3.05, 3.63) is 91.2 Å². The highest BCUT2D eigenvalue weighted by molar-refractivity contribution is 5.69. The highest BCUT2D eigenvalue weighted by Crippen LogP contribution is 2.31. The molecular weight excluding hydrogens is 290 g/mol. The molecule has 0 unspecified atom stereocenters. The molecule has 0 heterocycles. The highest BCUT2D eigenvalue weighted by atomic mass is 14.8. The van der Waals surface area contributed by atoms with E-state index in [9.17, 15) is 0 Å². The molecule has 2 aromatic rings. The summed E-state index contributed by atoms with van der Waals surface area (Å²) in [6, 6.07) is 17.4. The monoisotopic (exact) mass is 317 g/mol. The zero-order chi connectivity index (χ0) is 17.4. The molecule has 0 radical (unpaired) electrons. The van der Waals surface area contributed by atoms with E-state index in [1.165, 1.54) is 16.7 Å². The topological polar surface area (TPSA) is 12.0 Å². The first-order valence-electron chi connectivity index (χ1n) is 8.48. The molecule has 0 atom stereocenters. The summed E-state index contributed by atoms with van der Waals surface area (Å²) in [5, 5.41) is 3.30. The Hall–Kier alpha value is -2.54. The van der Waals surface area contributed by atoms with Crippen molar-refractivity contribution in [2.45, 2.75) is 32.6 Å². The lowest BCUT2D eigenvalue weighted by Gasteiger charge is -2.24. The SMILES string of the molecule is C=C/C=C\C=C/Nc1cccc(-c2cccc(C(C)(C)CC)c2)c1. The van der Waals surface area contributed by atoms with Gasteiger partial charge in [-0.2, -0.15) is 0 Å². The molecule has 1 N–H and O–H groups in total. The molecule has 0 aliphatic rings. The summed E-state index contributed by atoms with van der Waals surface area (Å²) in [5.74, 6) is 0. The van der Waals surface area contributed by atoms with Crippen molar-refractivity contribution >= 4 is 5.69 Å². The minimum absolute atomic E-state index is 0.200. The van der Waals surface area contributed by atoms with Crippen LogP contribution in [0.25, 0.3) is 11.1 Å². The van der Waals surface area contributed by atoms with Crippen LogP contribution in [0.5, 0.6) is 0 Å². The summed E-state index contributed by atoms with van der Waals surface area (Å²) in [6.45, 7) is 10.5. The summed E-state index contributed by atoms with van der Waals surface area (Å²) < 4.78 is 0. The molecule has 0 aromatic heterocycles. The van der Waals surface area contributed by atoms with Crippen LogP contribution in [0.2, 0.25) is 0 Å². The summed E-state index contributed by atoms with van der Waals surface area (Å²) in [7, 11) is 0. The van der Waals surface area contributed by atoms with Crippen LogP contribution in [0.15, 0.2) is 85.6 Å². The van der Waals surface area contributed by atoms with Gasteiger partial charge in [-0.1, -0.05) is 82.0 Å². The Morgan fingerprint density at radius 2 is 1.67 bits per heavy atom. The van der Waals surface area contributed by atoms with E-state index in [2.05, 4.69) is 81.2 Å². The lowest BCUT2D eigenvalue weighted by molar-refractivity contribution is 0.506. The maximum Gasteiger partial charge on any atom is 0.0385 e. The molecule has 0 aliphatic carbocycles. The third kappa shape index (κ3) is 4.73. The van der Waals surface area contributed by atoms with Crippen molar-refractivity contribution in [2.24, 2.45) is 0 Å². The number of anilines is 1. The van der Waals surface area contributed by atoms with Crippen molar-refractivity contribution in [1.82, 2.24) is 0 Å². The fourth-order valence-electron chi connectivity index (χ4n) is 2.45. The number of rotatable bonds is 7. The zero-order valence-electron chi connectivity index (χ0n) is 14.9. The van der Waals surface area contributed by atoms with E-state index in [-0.39, 0.29) is 5.41 Å². The number of hydrogen-bond donors (Lipinski definition) is 1. The maximum absolute atomic E-state index is 3.65. The van der Waals surface area contributed by atoms with Gasteiger partial charge in [0.2, 0.25) is 0 Å². The normalized spacial score (nSPS) is 12.0.